The summed E-state index contributed by atoms with van der Waals surface area (Å²) in [4.78, 5) is 14.0. The predicted molar refractivity (Wildman–Crippen MR) is 78.5 cm³/mol. The van der Waals surface area contributed by atoms with Gasteiger partial charge in [0.05, 0.1) is 6.04 Å². The van der Waals surface area contributed by atoms with Crippen LogP contribution in [0.3, 0.4) is 0 Å². The maximum absolute atomic E-state index is 12.0. The normalized spacial score (nSPS) is 23.3. The van der Waals surface area contributed by atoms with Crippen molar-refractivity contribution >= 4 is 37.8 Å². The fraction of sp³-hybridized carbons (Fsp3) is 0.500. The van der Waals surface area contributed by atoms with E-state index < -0.39 is 0 Å². The van der Waals surface area contributed by atoms with Crippen LogP contribution in [-0.2, 0) is 11.2 Å². The summed E-state index contributed by atoms with van der Waals surface area (Å²) in [6.45, 7) is 0.922. The van der Waals surface area contributed by atoms with Crippen molar-refractivity contribution in [2.75, 3.05) is 6.54 Å². The van der Waals surface area contributed by atoms with Gasteiger partial charge in [0, 0.05) is 21.9 Å². The minimum Gasteiger partial charge on any atom is -0.336 e. The first kappa shape index (κ1) is 12.7. The standard InChI is InChI=1S/C14H15Br2NO/c15-10-7-9-3-1-2-6-17-12(4-5-13(17)18)14(9)11(16)8-10/h7-8,12H,1-6H2/t12-/m0/s1. The number of hydrogen-bond acceptors (Lipinski definition) is 1. The number of hydrogen-bond donors (Lipinski definition) is 0. The van der Waals surface area contributed by atoms with Crippen LogP contribution in [0.15, 0.2) is 21.1 Å². The van der Waals surface area contributed by atoms with Crippen molar-refractivity contribution in [2.24, 2.45) is 0 Å². The minimum atomic E-state index is 0.287. The Bertz CT molecular complexity index is 501. The van der Waals surface area contributed by atoms with E-state index in [1.54, 1.807) is 0 Å². The number of carbonyl (C=O) groups is 1. The van der Waals surface area contributed by atoms with Gasteiger partial charge in [0.1, 0.15) is 0 Å². The maximum Gasteiger partial charge on any atom is 0.223 e. The SMILES string of the molecule is O=C1CC[C@H]2c3c(Br)cc(Br)cc3CCCCN12. The molecule has 1 amide bonds. The van der Waals surface area contributed by atoms with E-state index in [4.69, 9.17) is 0 Å². The van der Waals surface area contributed by atoms with Gasteiger partial charge in [0.25, 0.3) is 0 Å². The molecule has 0 N–H and O–H groups in total. The topological polar surface area (TPSA) is 20.3 Å². The average Bonchev–Trinajstić information content (AvgIpc) is 2.62. The Hall–Kier alpha value is -0.350. The van der Waals surface area contributed by atoms with E-state index in [9.17, 15) is 4.79 Å². The molecule has 1 aromatic rings. The van der Waals surface area contributed by atoms with E-state index in [1.165, 1.54) is 11.1 Å². The number of nitrogens with zero attached hydrogens (tertiary/aromatic N) is 1. The van der Waals surface area contributed by atoms with Gasteiger partial charge in [-0.1, -0.05) is 31.9 Å². The van der Waals surface area contributed by atoms with Gasteiger partial charge in [-0.2, -0.15) is 0 Å². The summed E-state index contributed by atoms with van der Waals surface area (Å²) in [5, 5.41) is 0. The minimum absolute atomic E-state index is 0.287. The van der Waals surface area contributed by atoms with Gasteiger partial charge in [0.15, 0.2) is 0 Å². The second-order valence-electron chi connectivity index (χ2n) is 5.06. The second kappa shape index (κ2) is 4.97. The van der Waals surface area contributed by atoms with Gasteiger partial charge in [-0.05, 0) is 48.9 Å². The van der Waals surface area contributed by atoms with Gasteiger partial charge in [-0.3, -0.25) is 4.79 Å². The number of amides is 1. The lowest BCUT2D eigenvalue weighted by molar-refractivity contribution is -0.129. The van der Waals surface area contributed by atoms with Gasteiger partial charge in [0.2, 0.25) is 5.91 Å². The highest BCUT2D eigenvalue weighted by atomic mass is 79.9. The highest BCUT2D eigenvalue weighted by Crippen LogP contribution is 2.41. The van der Waals surface area contributed by atoms with Gasteiger partial charge in [-0.25, -0.2) is 0 Å². The van der Waals surface area contributed by atoms with Gasteiger partial charge in [-0.15, -0.1) is 0 Å². The molecule has 1 fully saturated rings. The fourth-order valence-electron chi connectivity index (χ4n) is 3.13. The van der Waals surface area contributed by atoms with E-state index in [1.807, 2.05) is 0 Å². The van der Waals surface area contributed by atoms with E-state index in [0.29, 0.717) is 12.3 Å². The molecule has 96 valence electrons. The predicted octanol–water partition coefficient (Wildman–Crippen LogP) is 4.21. The average molecular weight is 373 g/mol. The van der Waals surface area contributed by atoms with Crippen LogP contribution in [-0.4, -0.2) is 17.4 Å². The van der Waals surface area contributed by atoms with Crippen LogP contribution in [0.25, 0.3) is 0 Å². The molecule has 4 heteroatoms. The largest absolute Gasteiger partial charge is 0.336 e. The van der Waals surface area contributed by atoms with Crippen molar-refractivity contribution in [3.05, 3.63) is 32.2 Å². The summed E-state index contributed by atoms with van der Waals surface area (Å²) in [6.07, 6.45) is 5.06. The molecule has 0 unspecified atom stereocenters. The lowest BCUT2D eigenvalue weighted by Gasteiger charge is -2.30. The molecule has 1 atom stereocenters. The highest BCUT2D eigenvalue weighted by Gasteiger charge is 2.35. The Labute approximate surface area is 124 Å². The third-order valence-electron chi connectivity index (χ3n) is 3.94. The summed E-state index contributed by atoms with van der Waals surface area (Å²) < 4.78 is 2.25. The van der Waals surface area contributed by atoms with Gasteiger partial charge < -0.3 is 4.90 Å². The summed E-state index contributed by atoms with van der Waals surface area (Å²) in [5.74, 6) is 0.322. The van der Waals surface area contributed by atoms with E-state index in [-0.39, 0.29) is 6.04 Å². The zero-order chi connectivity index (χ0) is 12.7. The molecular formula is C14H15Br2NO. The molecule has 0 saturated carbocycles. The highest BCUT2D eigenvalue weighted by molar-refractivity contribution is 9.11. The van der Waals surface area contributed by atoms with Crippen LogP contribution in [0.1, 0.15) is 42.9 Å². The Balaban J connectivity index is 2.11. The molecule has 18 heavy (non-hydrogen) atoms. The van der Waals surface area contributed by atoms with Crippen LogP contribution in [0.4, 0.5) is 0 Å². The van der Waals surface area contributed by atoms with Crippen LogP contribution in [0.5, 0.6) is 0 Å². The molecule has 1 saturated heterocycles. The number of aryl methyl sites for hydroxylation is 1. The number of rotatable bonds is 0. The van der Waals surface area contributed by atoms with Gasteiger partial charge >= 0.3 is 0 Å². The van der Waals surface area contributed by atoms with Crippen molar-refractivity contribution in [3.8, 4) is 0 Å². The van der Waals surface area contributed by atoms with E-state index >= 15 is 0 Å². The summed E-state index contributed by atoms with van der Waals surface area (Å²) >= 11 is 7.24. The molecule has 0 spiro atoms. The molecule has 2 aliphatic heterocycles. The van der Waals surface area contributed by atoms with Crippen LogP contribution in [0, 0.1) is 0 Å². The van der Waals surface area contributed by atoms with Crippen molar-refractivity contribution in [1.82, 2.24) is 4.90 Å². The fourth-order valence-corrected chi connectivity index (χ4v) is 4.71. The van der Waals surface area contributed by atoms with Crippen molar-refractivity contribution in [3.63, 3.8) is 0 Å². The molecular weight excluding hydrogens is 358 g/mol. The quantitative estimate of drug-likeness (QED) is 0.667. The summed E-state index contributed by atoms with van der Waals surface area (Å²) in [7, 11) is 0. The van der Waals surface area contributed by atoms with Crippen LogP contribution < -0.4 is 0 Å². The zero-order valence-electron chi connectivity index (χ0n) is 10.1. The number of benzene rings is 1. The number of halogens is 2. The van der Waals surface area contributed by atoms with Crippen molar-refractivity contribution < 1.29 is 4.79 Å². The molecule has 1 aromatic carbocycles. The van der Waals surface area contributed by atoms with Crippen LogP contribution >= 0.6 is 31.9 Å². The van der Waals surface area contributed by atoms with E-state index in [0.717, 1.165) is 41.2 Å². The maximum atomic E-state index is 12.0. The third-order valence-corrected chi connectivity index (χ3v) is 5.05. The first-order valence-corrected chi connectivity index (χ1v) is 8.02. The molecule has 2 nitrogen and oxygen atoms in total. The molecule has 0 aromatic heterocycles. The summed E-state index contributed by atoms with van der Waals surface area (Å²) in [6, 6.07) is 4.60. The number of carbonyl (C=O) groups excluding carboxylic acids is 1. The lowest BCUT2D eigenvalue weighted by Crippen LogP contribution is -2.30. The Morgan fingerprint density at radius 3 is 2.83 bits per heavy atom. The lowest BCUT2D eigenvalue weighted by atomic mass is 9.93. The Morgan fingerprint density at radius 1 is 1.17 bits per heavy atom. The zero-order valence-corrected chi connectivity index (χ0v) is 13.3. The number of fused-ring (bicyclic) bond motifs is 3. The molecule has 2 heterocycles. The molecule has 3 rings (SSSR count). The van der Waals surface area contributed by atoms with Crippen LogP contribution in [0.2, 0.25) is 0 Å². The molecule has 2 aliphatic rings. The molecule has 0 aliphatic carbocycles. The van der Waals surface area contributed by atoms with Crippen molar-refractivity contribution in [2.45, 2.75) is 38.1 Å². The first-order chi connectivity index (χ1) is 8.66. The Morgan fingerprint density at radius 2 is 2.00 bits per heavy atom. The third kappa shape index (κ3) is 2.14. The molecule has 0 bridgehead atoms. The first-order valence-electron chi connectivity index (χ1n) is 6.44. The second-order valence-corrected chi connectivity index (χ2v) is 6.83. The summed E-state index contributed by atoms with van der Waals surface area (Å²) in [5.41, 5.74) is 2.73. The van der Waals surface area contributed by atoms with Crippen molar-refractivity contribution in [1.29, 1.82) is 0 Å². The van der Waals surface area contributed by atoms with E-state index in [2.05, 4.69) is 48.9 Å². The molecule has 0 radical (unpaired) electrons. The Kier molecular flexibility index (Phi) is 3.50. The monoisotopic (exact) mass is 371 g/mol. The smallest absolute Gasteiger partial charge is 0.223 e.